The third kappa shape index (κ3) is 3.31. The molecule has 1 aliphatic heterocycles. The van der Waals surface area contributed by atoms with Crippen molar-refractivity contribution in [3.05, 3.63) is 0 Å². The molecule has 1 N–H and O–H groups in total. The number of hydrogen-bond donors (Lipinski definition) is 1. The highest BCUT2D eigenvalue weighted by atomic mass is 16.1. The Balaban J connectivity index is 2.59. The van der Waals surface area contributed by atoms with E-state index in [9.17, 15) is 4.79 Å². The molecule has 0 amide bonds. The number of carbonyl (C=O) groups excluding carboxylic acids is 1. The lowest BCUT2D eigenvalue weighted by Crippen LogP contribution is -2.34. The number of rotatable bonds is 8. The standard InChI is InChI=1S/C14H27NO/c1-5-7-12(8-9-13-10-15-13)14(4,6-2)11(3)16/h12-13,15H,5-10H2,1-4H3. The second-order valence-electron chi connectivity index (χ2n) is 5.50. The van der Waals surface area contributed by atoms with Crippen LogP contribution in [0.1, 0.15) is 59.8 Å². The lowest BCUT2D eigenvalue weighted by Gasteiger charge is -2.35. The van der Waals surface area contributed by atoms with Crippen molar-refractivity contribution in [2.24, 2.45) is 11.3 Å². The molecular weight excluding hydrogens is 198 g/mol. The SMILES string of the molecule is CCCC(CCC1CN1)C(C)(CC)C(C)=O. The van der Waals surface area contributed by atoms with Gasteiger partial charge in [0.2, 0.25) is 0 Å². The predicted octanol–water partition coefficient (Wildman–Crippen LogP) is 3.16. The summed E-state index contributed by atoms with van der Waals surface area (Å²) in [6.45, 7) is 9.48. The summed E-state index contributed by atoms with van der Waals surface area (Å²) in [4.78, 5) is 11.9. The molecule has 1 saturated heterocycles. The van der Waals surface area contributed by atoms with E-state index in [0.717, 1.165) is 12.5 Å². The summed E-state index contributed by atoms with van der Waals surface area (Å²) in [5.41, 5.74) is -0.0924. The van der Waals surface area contributed by atoms with E-state index in [4.69, 9.17) is 0 Å². The molecule has 3 atom stereocenters. The average Bonchev–Trinajstić information content (AvgIpc) is 3.06. The van der Waals surface area contributed by atoms with Gasteiger partial charge in [-0.2, -0.15) is 0 Å². The third-order valence-electron chi connectivity index (χ3n) is 4.43. The van der Waals surface area contributed by atoms with E-state index in [1.165, 1.54) is 32.2 Å². The first-order chi connectivity index (χ1) is 7.54. The van der Waals surface area contributed by atoms with Gasteiger partial charge in [-0.25, -0.2) is 0 Å². The van der Waals surface area contributed by atoms with Crippen LogP contribution in [0.15, 0.2) is 0 Å². The summed E-state index contributed by atoms with van der Waals surface area (Å²) < 4.78 is 0. The largest absolute Gasteiger partial charge is 0.311 e. The molecule has 0 spiro atoms. The Morgan fingerprint density at radius 2 is 2.06 bits per heavy atom. The van der Waals surface area contributed by atoms with Gasteiger partial charge in [-0.1, -0.05) is 27.2 Å². The summed E-state index contributed by atoms with van der Waals surface area (Å²) in [7, 11) is 0. The van der Waals surface area contributed by atoms with Crippen LogP contribution >= 0.6 is 0 Å². The maximum Gasteiger partial charge on any atom is 0.135 e. The van der Waals surface area contributed by atoms with Gasteiger partial charge < -0.3 is 5.32 Å². The lowest BCUT2D eigenvalue weighted by atomic mass is 9.68. The van der Waals surface area contributed by atoms with Crippen LogP contribution in [-0.2, 0) is 4.79 Å². The fraction of sp³-hybridized carbons (Fsp3) is 0.929. The normalized spacial score (nSPS) is 24.9. The summed E-state index contributed by atoms with van der Waals surface area (Å²) in [5.74, 6) is 0.944. The average molecular weight is 225 g/mol. The van der Waals surface area contributed by atoms with Crippen LogP contribution in [0.4, 0.5) is 0 Å². The minimum atomic E-state index is -0.0924. The topological polar surface area (TPSA) is 39.0 Å². The third-order valence-corrected chi connectivity index (χ3v) is 4.43. The van der Waals surface area contributed by atoms with Crippen LogP contribution in [0, 0.1) is 11.3 Å². The van der Waals surface area contributed by atoms with Gasteiger partial charge in [-0.05, 0) is 38.5 Å². The van der Waals surface area contributed by atoms with Crippen LogP contribution < -0.4 is 5.32 Å². The summed E-state index contributed by atoms with van der Waals surface area (Å²) in [6, 6.07) is 0.743. The number of ketones is 1. The van der Waals surface area contributed by atoms with E-state index in [1.807, 2.05) is 0 Å². The minimum absolute atomic E-state index is 0.0924. The molecule has 0 saturated carbocycles. The molecule has 1 aliphatic rings. The van der Waals surface area contributed by atoms with Crippen molar-refractivity contribution in [1.29, 1.82) is 0 Å². The number of Topliss-reactive ketones (excluding diaryl/α,β-unsaturated/α-hetero) is 1. The summed E-state index contributed by atoms with van der Waals surface area (Å²) in [6.07, 6.45) is 5.80. The maximum absolute atomic E-state index is 11.9. The zero-order valence-electron chi connectivity index (χ0n) is 11.3. The number of nitrogens with one attached hydrogen (secondary N) is 1. The molecule has 16 heavy (non-hydrogen) atoms. The highest BCUT2D eigenvalue weighted by Gasteiger charge is 2.36. The fourth-order valence-corrected chi connectivity index (χ4v) is 2.64. The van der Waals surface area contributed by atoms with Crippen LogP contribution in [0.25, 0.3) is 0 Å². The van der Waals surface area contributed by atoms with Crippen molar-refractivity contribution < 1.29 is 4.79 Å². The summed E-state index contributed by atoms with van der Waals surface area (Å²) >= 11 is 0. The molecule has 2 heteroatoms. The molecule has 94 valence electrons. The Hall–Kier alpha value is -0.370. The highest BCUT2D eigenvalue weighted by Crippen LogP contribution is 2.38. The van der Waals surface area contributed by atoms with Crippen molar-refractivity contribution in [2.75, 3.05) is 6.54 Å². The molecule has 0 aromatic heterocycles. The van der Waals surface area contributed by atoms with E-state index in [1.54, 1.807) is 6.92 Å². The van der Waals surface area contributed by atoms with Gasteiger partial charge in [-0.15, -0.1) is 0 Å². The first-order valence-corrected chi connectivity index (χ1v) is 6.79. The molecule has 1 rings (SSSR count). The van der Waals surface area contributed by atoms with Crippen molar-refractivity contribution in [1.82, 2.24) is 5.32 Å². The number of hydrogen-bond acceptors (Lipinski definition) is 2. The van der Waals surface area contributed by atoms with E-state index in [0.29, 0.717) is 11.7 Å². The molecule has 3 unspecified atom stereocenters. The van der Waals surface area contributed by atoms with Crippen molar-refractivity contribution in [3.63, 3.8) is 0 Å². The van der Waals surface area contributed by atoms with E-state index in [-0.39, 0.29) is 5.41 Å². The van der Waals surface area contributed by atoms with Gasteiger partial charge in [0.05, 0.1) is 0 Å². The van der Waals surface area contributed by atoms with Gasteiger partial charge in [0.15, 0.2) is 0 Å². The van der Waals surface area contributed by atoms with Gasteiger partial charge in [-0.3, -0.25) is 4.79 Å². The van der Waals surface area contributed by atoms with Crippen LogP contribution in [0.3, 0.4) is 0 Å². The monoisotopic (exact) mass is 225 g/mol. The van der Waals surface area contributed by atoms with E-state index < -0.39 is 0 Å². The van der Waals surface area contributed by atoms with Gasteiger partial charge in [0.25, 0.3) is 0 Å². The van der Waals surface area contributed by atoms with E-state index >= 15 is 0 Å². The van der Waals surface area contributed by atoms with Crippen LogP contribution in [0.2, 0.25) is 0 Å². The molecule has 1 heterocycles. The fourth-order valence-electron chi connectivity index (χ4n) is 2.64. The van der Waals surface area contributed by atoms with Crippen molar-refractivity contribution >= 4 is 5.78 Å². The second-order valence-corrected chi connectivity index (χ2v) is 5.50. The maximum atomic E-state index is 11.9. The first kappa shape index (κ1) is 13.7. The van der Waals surface area contributed by atoms with Crippen molar-refractivity contribution in [3.8, 4) is 0 Å². The predicted molar refractivity (Wildman–Crippen MR) is 68.5 cm³/mol. The zero-order chi connectivity index (χ0) is 12.2. The highest BCUT2D eigenvalue weighted by molar-refractivity contribution is 5.82. The molecule has 0 bridgehead atoms. The van der Waals surface area contributed by atoms with Crippen LogP contribution in [0.5, 0.6) is 0 Å². The van der Waals surface area contributed by atoms with Gasteiger partial charge in [0.1, 0.15) is 5.78 Å². The number of carbonyl (C=O) groups is 1. The Bertz CT molecular complexity index is 235. The molecular formula is C14H27NO. The Morgan fingerprint density at radius 3 is 2.44 bits per heavy atom. The van der Waals surface area contributed by atoms with E-state index in [2.05, 4.69) is 26.1 Å². The summed E-state index contributed by atoms with van der Waals surface area (Å²) in [5, 5.41) is 3.35. The molecule has 0 radical (unpaired) electrons. The molecule has 1 fully saturated rings. The minimum Gasteiger partial charge on any atom is -0.311 e. The van der Waals surface area contributed by atoms with Crippen molar-refractivity contribution in [2.45, 2.75) is 65.8 Å². The van der Waals surface area contributed by atoms with Gasteiger partial charge in [0, 0.05) is 18.0 Å². The smallest absolute Gasteiger partial charge is 0.135 e. The quantitative estimate of drug-likeness (QED) is 0.644. The lowest BCUT2D eigenvalue weighted by molar-refractivity contribution is -0.129. The second kappa shape index (κ2) is 5.81. The Labute approximate surface area is 100 Å². The molecule has 0 aliphatic carbocycles. The van der Waals surface area contributed by atoms with Crippen LogP contribution in [-0.4, -0.2) is 18.4 Å². The van der Waals surface area contributed by atoms with Gasteiger partial charge >= 0.3 is 0 Å². The first-order valence-electron chi connectivity index (χ1n) is 6.79. The Kier molecular flexibility index (Phi) is 4.97. The molecule has 0 aromatic carbocycles. The molecule has 2 nitrogen and oxygen atoms in total. The Morgan fingerprint density at radius 1 is 1.44 bits per heavy atom. The zero-order valence-corrected chi connectivity index (χ0v) is 11.3. The molecule has 0 aromatic rings.